The van der Waals surface area contributed by atoms with E-state index in [0.717, 1.165) is 6.92 Å². The van der Waals surface area contributed by atoms with Crippen LogP contribution >= 0.6 is 0 Å². The molecular formula is C49H85N17O14. The van der Waals surface area contributed by atoms with E-state index in [1.54, 1.807) is 30.3 Å². The first-order valence-electron chi connectivity index (χ1n) is 26.4. The van der Waals surface area contributed by atoms with E-state index in [0.29, 0.717) is 50.8 Å². The van der Waals surface area contributed by atoms with Crippen LogP contribution in [0.2, 0.25) is 0 Å². The molecule has 0 saturated heterocycles. The monoisotopic (exact) mass is 1140 g/mol. The van der Waals surface area contributed by atoms with Gasteiger partial charge in [-0.3, -0.25) is 53.4 Å². The Kier molecular flexibility index (Phi) is 35.0. The number of amides is 10. The molecule has 0 aliphatic carbocycles. The smallest absolute Gasteiger partial charge is 0.326 e. The van der Waals surface area contributed by atoms with Gasteiger partial charge in [0.1, 0.15) is 42.3 Å². The van der Waals surface area contributed by atoms with E-state index in [9.17, 15) is 68.1 Å². The average molecular weight is 1140 g/mol. The molecule has 26 N–H and O–H groups in total. The highest BCUT2D eigenvalue weighted by atomic mass is 16.4. The van der Waals surface area contributed by atoms with E-state index in [2.05, 4.69) is 53.2 Å². The molecule has 0 unspecified atom stereocenters. The summed E-state index contributed by atoms with van der Waals surface area (Å²) in [6, 6.07) is -3.32. The van der Waals surface area contributed by atoms with Gasteiger partial charge in [-0.05, 0) is 103 Å². The highest BCUT2D eigenvalue weighted by Crippen LogP contribution is 2.09. The van der Waals surface area contributed by atoms with Gasteiger partial charge in [-0.25, -0.2) is 4.79 Å². The molecule has 1 aromatic carbocycles. The number of carboxylic acid groups (broad SMARTS) is 1. The fourth-order valence-corrected chi connectivity index (χ4v) is 7.57. The molecule has 80 heavy (non-hydrogen) atoms. The number of guanidine groups is 1. The third-order valence-corrected chi connectivity index (χ3v) is 12.1. The topological polar surface area (TPSA) is 549 Å². The van der Waals surface area contributed by atoms with Crippen molar-refractivity contribution < 1.29 is 68.1 Å². The van der Waals surface area contributed by atoms with Crippen molar-refractivity contribution in [2.75, 3.05) is 45.9 Å². The van der Waals surface area contributed by atoms with Crippen LogP contribution in [0.3, 0.4) is 0 Å². The number of hydrogen-bond acceptors (Lipinski definition) is 18. The van der Waals surface area contributed by atoms with Gasteiger partial charge in [-0.15, -0.1) is 0 Å². The van der Waals surface area contributed by atoms with Crippen LogP contribution in [0.15, 0.2) is 30.3 Å². The summed E-state index contributed by atoms with van der Waals surface area (Å²) in [5.41, 5.74) is 33.8. The Morgan fingerprint density at radius 1 is 0.525 bits per heavy atom. The molecule has 0 heterocycles. The van der Waals surface area contributed by atoms with Gasteiger partial charge >= 0.3 is 5.97 Å². The van der Waals surface area contributed by atoms with Crippen LogP contribution in [0, 0.1) is 5.41 Å². The van der Waals surface area contributed by atoms with Crippen molar-refractivity contribution in [2.24, 2.45) is 34.4 Å². The summed E-state index contributed by atoms with van der Waals surface area (Å²) in [6.45, 7) is -0.366. The molecule has 10 amide bonds. The Bertz CT molecular complexity index is 2180. The maximum atomic E-state index is 13.9. The highest BCUT2D eigenvalue weighted by molar-refractivity contribution is 5.98. The van der Waals surface area contributed by atoms with E-state index in [1.807, 2.05) is 0 Å². The van der Waals surface area contributed by atoms with Crippen LogP contribution < -0.4 is 87.6 Å². The number of benzene rings is 1. The van der Waals surface area contributed by atoms with Crippen LogP contribution in [-0.2, 0) is 59.2 Å². The molecule has 31 nitrogen and oxygen atoms in total. The van der Waals surface area contributed by atoms with E-state index in [4.69, 9.17) is 39.8 Å². The zero-order valence-electron chi connectivity index (χ0n) is 45.2. The Labute approximate surface area is 464 Å². The molecule has 1 aromatic rings. The van der Waals surface area contributed by atoms with Crippen molar-refractivity contribution in [1.82, 2.24) is 53.2 Å². The molecule has 31 heteroatoms. The average Bonchev–Trinajstić information content (AvgIpc) is 3.41. The molecule has 0 bridgehead atoms. The van der Waals surface area contributed by atoms with Gasteiger partial charge in [0, 0.05) is 19.4 Å². The minimum absolute atomic E-state index is 0.0587. The molecule has 9 atom stereocenters. The number of aliphatic hydroxyl groups excluding tert-OH is 2. The maximum Gasteiger partial charge on any atom is 0.326 e. The lowest BCUT2D eigenvalue weighted by molar-refractivity contribution is -0.142. The number of primary amides is 1. The predicted octanol–water partition coefficient (Wildman–Crippen LogP) is -7.44. The summed E-state index contributed by atoms with van der Waals surface area (Å²) in [4.78, 5) is 144. The number of nitrogens with two attached hydrogens (primary N) is 6. The summed E-state index contributed by atoms with van der Waals surface area (Å²) in [7, 11) is 0. The van der Waals surface area contributed by atoms with Crippen LogP contribution in [0.5, 0.6) is 0 Å². The number of hydrogen-bond donors (Lipinski definition) is 20. The number of rotatable bonds is 42. The molecule has 0 spiro atoms. The zero-order valence-corrected chi connectivity index (χ0v) is 45.2. The number of carbonyl (C=O) groups excluding carboxylic acids is 10. The second-order valence-corrected chi connectivity index (χ2v) is 18.8. The summed E-state index contributed by atoms with van der Waals surface area (Å²) in [5.74, 6) is -10.9. The Balaban J connectivity index is 3.27. The van der Waals surface area contributed by atoms with Gasteiger partial charge in [-0.1, -0.05) is 36.8 Å². The SMILES string of the molecule is C[C@@H](O)[C@H](NC(=O)[C@H](CCCCN)NC(=O)[C@H](CCC(N)=O)NC(=O)[C@@H](N)CCCCN)C(=O)N[C@@H](CO)C(=O)N[C@@H](Cc1ccccc1)C(=O)NCC(=O)N[C@@H](CCCNC(=N)N)C(=O)NCC(=O)N[C@@H](CCCCN)C(=O)O. The highest BCUT2D eigenvalue weighted by Gasteiger charge is 2.35. The van der Waals surface area contributed by atoms with Crippen LogP contribution in [0.1, 0.15) is 96.0 Å². The van der Waals surface area contributed by atoms with Crippen LogP contribution in [0.25, 0.3) is 0 Å². The number of unbranched alkanes of at least 4 members (excludes halogenated alkanes) is 3. The van der Waals surface area contributed by atoms with E-state index in [1.165, 1.54) is 0 Å². The number of aliphatic hydroxyl groups is 2. The maximum absolute atomic E-state index is 13.9. The van der Waals surface area contributed by atoms with Crippen molar-refractivity contribution >= 4 is 71.0 Å². The molecule has 0 aliphatic rings. The third-order valence-electron chi connectivity index (χ3n) is 12.1. The van der Waals surface area contributed by atoms with Crippen molar-refractivity contribution in [1.29, 1.82) is 5.41 Å². The molecule has 1 rings (SSSR count). The minimum Gasteiger partial charge on any atom is -0.480 e. The second-order valence-electron chi connectivity index (χ2n) is 18.8. The van der Waals surface area contributed by atoms with E-state index < -0.39 is 139 Å². The molecular weight excluding hydrogens is 1050 g/mol. The zero-order chi connectivity index (χ0) is 60.2. The lowest BCUT2D eigenvalue weighted by atomic mass is 10.0. The first-order chi connectivity index (χ1) is 38.0. The number of carbonyl (C=O) groups is 11. The minimum atomic E-state index is -1.83. The molecule has 450 valence electrons. The largest absolute Gasteiger partial charge is 0.480 e. The van der Waals surface area contributed by atoms with E-state index >= 15 is 0 Å². The molecule has 0 aliphatic heterocycles. The molecule has 0 radical (unpaired) electrons. The van der Waals surface area contributed by atoms with Crippen molar-refractivity contribution in [3.8, 4) is 0 Å². The van der Waals surface area contributed by atoms with Gasteiger partial charge < -0.3 is 103 Å². The lowest BCUT2D eigenvalue weighted by Crippen LogP contribution is -2.62. The first kappa shape index (κ1) is 70.4. The summed E-state index contributed by atoms with van der Waals surface area (Å²) in [5, 5.41) is 62.0. The quantitative estimate of drug-likeness (QED) is 0.0164. The number of aliphatic carboxylic acids is 1. The van der Waals surface area contributed by atoms with Crippen molar-refractivity contribution in [2.45, 2.75) is 151 Å². The second kappa shape index (κ2) is 39.7. The van der Waals surface area contributed by atoms with E-state index in [-0.39, 0.29) is 76.8 Å². The Morgan fingerprint density at radius 2 is 0.975 bits per heavy atom. The summed E-state index contributed by atoms with van der Waals surface area (Å²) in [6.07, 6.45) is 0.632. The van der Waals surface area contributed by atoms with Gasteiger partial charge in [-0.2, -0.15) is 0 Å². The third kappa shape index (κ3) is 29.4. The fraction of sp³-hybridized carbons (Fsp3) is 0.633. The molecule has 0 fully saturated rings. The predicted molar refractivity (Wildman–Crippen MR) is 290 cm³/mol. The molecule has 0 aromatic heterocycles. The Hall–Kier alpha value is -7.58. The van der Waals surface area contributed by atoms with Crippen LogP contribution in [0.4, 0.5) is 0 Å². The van der Waals surface area contributed by atoms with Gasteiger partial charge in [0.15, 0.2) is 5.96 Å². The fourth-order valence-electron chi connectivity index (χ4n) is 7.57. The standard InChI is InChI=1S/C49H85N17O14/c1-28(68)40(66-45(76)32(15-6-9-21-51)63-44(75)33(18-19-37(54)69)62-41(72)30(53)14-5-8-20-50)47(78)65-36(27-67)46(77)64-35(24-29-12-3-2-4-13-29)43(74)59-25-38(70)60-31(17-11-23-57-49(55)56)42(73)58-26-39(71)61-34(48(79)80)16-7-10-22-52/h2-4,12-13,28,30-36,40,67-68H,5-11,14-27,50-53H2,1H3,(H2,54,69)(H,58,73)(H,59,74)(H,60,70)(H,61,71)(H,62,72)(H,63,75)(H,64,77)(H,65,78)(H,66,76)(H,79,80)(H4,55,56,57)/t28-,30+,31+,32+,33+,34+,35+,36+,40+/m1/s1. The number of nitrogens with one attached hydrogen (secondary N) is 11. The Morgan fingerprint density at radius 3 is 1.50 bits per heavy atom. The lowest BCUT2D eigenvalue weighted by Gasteiger charge is -2.28. The summed E-state index contributed by atoms with van der Waals surface area (Å²) >= 11 is 0. The van der Waals surface area contributed by atoms with Crippen LogP contribution in [-0.4, -0.2) is 187 Å². The first-order valence-corrected chi connectivity index (χ1v) is 26.4. The van der Waals surface area contributed by atoms with Gasteiger partial charge in [0.2, 0.25) is 59.1 Å². The number of carboxylic acids is 1. The normalized spacial score (nSPS) is 14.3. The van der Waals surface area contributed by atoms with Gasteiger partial charge in [0.25, 0.3) is 0 Å². The van der Waals surface area contributed by atoms with Gasteiger partial charge in [0.05, 0.1) is 31.8 Å². The van der Waals surface area contributed by atoms with Crippen molar-refractivity contribution in [3.63, 3.8) is 0 Å². The summed E-state index contributed by atoms with van der Waals surface area (Å²) < 4.78 is 0. The van der Waals surface area contributed by atoms with Crippen molar-refractivity contribution in [3.05, 3.63) is 35.9 Å². The molecule has 0 saturated carbocycles.